The van der Waals surface area contributed by atoms with Gasteiger partial charge in [0.05, 0.1) is 12.0 Å². The van der Waals surface area contributed by atoms with Crippen LogP contribution >= 0.6 is 0 Å². The fourth-order valence-electron chi connectivity index (χ4n) is 2.72. The van der Waals surface area contributed by atoms with Crippen molar-refractivity contribution in [3.05, 3.63) is 29.1 Å². The number of nitrogens with two attached hydrogens (primary N) is 1. The van der Waals surface area contributed by atoms with E-state index in [1.165, 1.54) is 6.07 Å². The van der Waals surface area contributed by atoms with Crippen LogP contribution in [0.5, 0.6) is 0 Å². The lowest BCUT2D eigenvalue weighted by Gasteiger charge is -2.35. The molecule has 1 aliphatic rings. The molecule has 1 aromatic carbocycles. The number of piperidine rings is 1. The van der Waals surface area contributed by atoms with Gasteiger partial charge in [-0.1, -0.05) is 0 Å². The Morgan fingerprint density at radius 2 is 2.25 bits per heavy atom. The van der Waals surface area contributed by atoms with Crippen molar-refractivity contribution in [2.24, 2.45) is 11.7 Å². The van der Waals surface area contributed by atoms with Crippen molar-refractivity contribution in [1.82, 2.24) is 0 Å². The number of primary amides is 1. The smallest absolute Gasteiger partial charge is 0.222 e. The zero-order valence-corrected chi connectivity index (χ0v) is 11.9. The number of rotatable bonds is 3. The van der Waals surface area contributed by atoms with Crippen molar-refractivity contribution < 1.29 is 14.3 Å². The number of aliphatic hydroxyl groups is 1. The zero-order chi connectivity index (χ0) is 14.9. The van der Waals surface area contributed by atoms with Gasteiger partial charge in [0.1, 0.15) is 5.82 Å². The first-order chi connectivity index (χ1) is 9.40. The molecule has 4 nitrogen and oxygen atoms in total. The van der Waals surface area contributed by atoms with Crippen LogP contribution in [0.4, 0.5) is 10.1 Å². The number of nitrogens with zero attached hydrogens (tertiary/aromatic N) is 1. The summed E-state index contributed by atoms with van der Waals surface area (Å²) in [4.78, 5) is 13.4. The van der Waals surface area contributed by atoms with E-state index in [2.05, 4.69) is 0 Å². The van der Waals surface area contributed by atoms with Gasteiger partial charge in [0, 0.05) is 24.3 Å². The Morgan fingerprint density at radius 1 is 1.55 bits per heavy atom. The van der Waals surface area contributed by atoms with E-state index in [1.54, 1.807) is 19.9 Å². The van der Waals surface area contributed by atoms with Crippen molar-refractivity contribution in [2.75, 3.05) is 18.0 Å². The molecule has 0 spiro atoms. The lowest BCUT2D eigenvalue weighted by atomic mass is 9.95. The minimum absolute atomic E-state index is 0.184. The van der Waals surface area contributed by atoms with Gasteiger partial charge in [-0.15, -0.1) is 0 Å². The van der Waals surface area contributed by atoms with Crippen LogP contribution in [0.3, 0.4) is 0 Å². The average Bonchev–Trinajstić information content (AvgIpc) is 2.41. The third-order valence-corrected chi connectivity index (χ3v) is 3.92. The summed E-state index contributed by atoms with van der Waals surface area (Å²) in [6.45, 7) is 4.62. The maximum absolute atomic E-state index is 13.7. The molecule has 1 unspecified atom stereocenters. The number of anilines is 1. The molecular weight excluding hydrogens is 259 g/mol. The van der Waals surface area contributed by atoms with Crippen LogP contribution in [0.1, 0.15) is 37.0 Å². The van der Waals surface area contributed by atoms with Gasteiger partial charge in [0.15, 0.2) is 0 Å². The Kier molecular flexibility index (Phi) is 4.28. The van der Waals surface area contributed by atoms with Gasteiger partial charge in [-0.2, -0.15) is 0 Å². The van der Waals surface area contributed by atoms with Crippen LogP contribution in [0, 0.1) is 18.7 Å². The molecule has 0 aliphatic carbocycles. The number of halogens is 1. The molecule has 5 heteroatoms. The van der Waals surface area contributed by atoms with Gasteiger partial charge in [0.2, 0.25) is 5.91 Å². The molecule has 0 bridgehead atoms. The van der Waals surface area contributed by atoms with Crippen molar-refractivity contribution in [1.29, 1.82) is 0 Å². The van der Waals surface area contributed by atoms with E-state index in [9.17, 15) is 14.3 Å². The molecule has 0 saturated carbocycles. The highest BCUT2D eigenvalue weighted by Crippen LogP contribution is 2.32. The second-order valence-corrected chi connectivity index (χ2v) is 5.52. The highest BCUT2D eigenvalue weighted by atomic mass is 19.1. The lowest BCUT2D eigenvalue weighted by molar-refractivity contribution is -0.122. The van der Waals surface area contributed by atoms with E-state index >= 15 is 0 Å². The van der Waals surface area contributed by atoms with E-state index in [0.717, 1.165) is 25.1 Å². The van der Waals surface area contributed by atoms with E-state index in [-0.39, 0.29) is 17.6 Å². The molecular formula is C15H21FN2O2. The predicted octanol–water partition coefficient (Wildman–Crippen LogP) is 1.89. The number of hydrogen-bond donors (Lipinski definition) is 2. The Hall–Kier alpha value is -1.62. The fraction of sp³-hybridized carbons (Fsp3) is 0.533. The van der Waals surface area contributed by atoms with Crippen molar-refractivity contribution in [2.45, 2.75) is 32.8 Å². The van der Waals surface area contributed by atoms with E-state index in [1.807, 2.05) is 4.90 Å². The maximum Gasteiger partial charge on any atom is 0.222 e. The lowest BCUT2D eigenvalue weighted by Crippen LogP contribution is -2.41. The SMILES string of the molecule is Cc1cc(N2CCCC(C(N)=O)C2)c([C@@H](C)O)cc1F. The molecule has 1 aromatic rings. The van der Waals surface area contributed by atoms with Crippen molar-refractivity contribution in [3.63, 3.8) is 0 Å². The topological polar surface area (TPSA) is 66.6 Å². The Labute approximate surface area is 118 Å². The van der Waals surface area contributed by atoms with Crippen LogP contribution in [0.15, 0.2) is 12.1 Å². The predicted molar refractivity (Wildman–Crippen MR) is 75.9 cm³/mol. The first-order valence-corrected chi connectivity index (χ1v) is 6.92. The summed E-state index contributed by atoms with van der Waals surface area (Å²) in [5.74, 6) is -0.809. The molecule has 1 aliphatic heterocycles. The summed E-state index contributed by atoms with van der Waals surface area (Å²) in [6.07, 6.45) is 0.897. The first-order valence-electron chi connectivity index (χ1n) is 6.92. The van der Waals surface area contributed by atoms with Crippen LogP contribution in [0.25, 0.3) is 0 Å². The summed E-state index contributed by atoms with van der Waals surface area (Å²) >= 11 is 0. The summed E-state index contributed by atoms with van der Waals surface area (Å²) in [5.41, 5.74) is 7.27. The molecule has 3 N–H and O–H groups in total. The van der Waals surface area contributed by atoms with Crippen LogP contribution < -0.4 is 10.6 Å². The highest BCUT2D eigenvalue weighted by Gasteiger charge is 2.26. The molecule has 1 fully saturated rings. The number of aliphatic hydroxyl groups excluding tert-OH is 1. The maximum atomic E-state index is 13.7. The summed E-state index contributed by atoms with van der Waals surface area (Å²) < 4.78 is 13.7. The molecule has 1 amide bonds. The molecule has 0 aromatic heterocycles. The largest absolute Gasteiger partial charge is 0.389 e. The Balaban J connectivity index is 2.36. The van der Waals surface area contributed by atoms with Gasteiger partial charge in [0.25, 0.3) is 0 Å². The van der Waals surface area contributed by atoms with Crippen molar-refractivity contribution in [3.8, 4) is 0 Å². The van der Waals surface area contributed by atoms with Gasteiger partial charge in [-0.3, -0.25) is 4.79 Å². The van der Waals surface area contributed by atoms with E-state index in [0.29, 0.717) is 17.7 Å². The fourth-order valence-corrected chi connectivity index (χ4v) is 2.72. The van der Waals surface area contributed by atoms with Gasteiger partial charge < -0.3 is 15.7 Å². The molecule has 2 atom stereocenters. The monoisotopic (exact) mass is 280 g/mol. The van der Waals surface area contributed by atoms with Crippen molar-refractivity contribution >= 4 is 11.6 Å². The quantitative estimate of drug-likeness (QED) is 0.888. The van der Waals surface area contributed by atoms with Crippen LogP contribution in [-0.2, 0) is 4.79 Å². The average molecular weight is 280 g/mol. The molecule has 20 heavy (non-hydrogen) atoms. The Morgan fingerprint density at radius 3 is 2.85 bits per heavy atom. The molecule has 1 heterocycles. The van der Waals surface area contributed by atoms with Crippen LogP contribution in [0.2, 0.25) is 0 Å². The second-order valence-electron chi connectivity index (χ2n) is 5.52. The Bertz CT molecular complexity index is 517. The van der Waals surface area contributed by atoms with Gasteiger partial charge >= 0.3 is 0 Å². The number of carbonyl (C=O) groups excluding carboxylic acids is 1. The minimum Gasteiger partial charge on any atom is -0.389 e. The highest BCUT2D eigenvalue weighted by molar-refractivity contribution is 5.77. The third-order valence-electron chi connectivity index (χ3n) is 3.92. The zero-order valence-electron chi connectivity index (χ0n) is 11.9. The number of aryl methyl sites for hydroxylation is 1. The van der Waals surface area contributed by atoms with Gasteiger partial charge in [-0.25, -0.2) is 4.39 Å². The number of hydrogen-bond acceptors (Lipinski definition) is 3. The number of amides is 1. The second kappa shape index (κ2) is 5.79. The van der Waals surface area contributed by atoms with Crippen LogP contribution in [-0.4, -0.2) is 24.1 Å². The summed E-state index contributed by atoms with van der Waals surface area (Å²) in [7, 11) is 0. The molecule has 0 radical (unpaired) electrons. The number of benzene rings is 1. The first kappa shape index (κ1) is 14.8. The molecule has 110 valence electrons. The summed E-state index contributed by atoms with van der Waals surface area (Å²) in [6, 6.07) is 3.12. The van der Waals surface area contributed by atoms with Gasteiger partial charge in [-0.05, 0) is 44.4 Å². The molecule has 1 saturated heterocycles. The standard InChI is InChI=1S/C15H21FN2O2/c1-9-6-14(12(10(2)19)7-13(9)16)18-5-3-4-11(8-18)15(17)20/h6-7,10-11,19H,3-5,8H2,1-2H3,(H2,17,20)/t10-,11?/m1/s1. The van der Waals surface area contributed by atoms with E-state index in [4.69, 9.17) is 5.73 Å². The minimum atomic E-state index is -0.756. The third kappa shape index (κ3) is 2.93. The number of carbonyl (C=O) groups is 1. The normalized spacial score (nSPS) is 20.8. The molecule has 2 rings (SSSR count). The van der Waals surface area contributed by atoms with E-state index < -0.39 is 6.10 Å². The summed E-state index contributed by atoms with van der Waals surface area (Å²) in [5, 5.41) is 9.84.